The fourth-order valence-corrected chi connectivity index (χ4v) is 3.26. The van der Waals surface area contributed by atoms with Gasteiger partial charge in [-0.15, -0.1) is 0 Å². The average molecular weight is 306 g/mol. The first-order valence-corrected chi connectivity index (χ1v) is 8.57. The van der Waals surface area contributed by atoms with Crippen molar-refractivity contribution in [2.75, 3.05) is 31.1 Å². The van der Waals surface area contributed by atoms with Crippen molar-refractivity contribution in [3.05, 3.63) is 0 Å². The van der Waals surface area contributed by atoms with Crippen LogP contribution in [0.25, 0.3) is 0 Å². The van der Waals surface area contributed by atoms with Crippen molar-refractivity contribution in [1.29, 1.82) is 0 Å². The smallest absolute Gasteiger partial charge is 0.317 e. The van der Waals surface area contributed by atoms with Gasteiger partial charge in [0, 0.05) is 26.1 Å². The molecule has 1 unspecified atom stereocenters. The van der Waals surface area contributed by atoms with Crippen LogP contribution >= 0.6 is 0 Å². The summed E-state index contributed by atoms with van der Waals surface area (Å²) < 4.78 is 22.9. The van der Waals surface area contributed by atoms with Crippen LogP contribution in [0.1, 0.15) is 26.2 Å². The fourth-order valence-electron chi connectivity index (χ4n) is 1.99. The molecule has 1 aliphatic heterocycles. The number of urea groups is 1. The molecule has 0 radical (unpaired) electrons. The summed E-state index contributed by atoms with van der Waals surface area (Å²) in [5.41, 5.74) is 0. The van der Waals surface area contributed by atoms with Gasteiger partial charge < -0.3 is 15.3 Å². The third kappa shape index (κ3) is 6.23. The number of sulfone groups is 1. The third-order valence-electron chi connectivity index (χ3n) is 3.30. The molecule has 1 heterocycles. The molecule has 1 saturated heterocycles. The molecule has 2 amide bonds. The lowest BCUT2D eigenvalue weighted by molar-refractivity contribution is -0.137. The van der Waals surface area contributed by atoms with Crippen LogP contribution in [0.5, 0.6) is 0 Å². The number of nitrogens with zero attached hydrogens (tertiary/aromatic N) is 1. The Bertz CT molecular complexity index is 449. The van der Waals surface area contributed by atoms with Gasteiger partial charge in [-0.05, 0) is 18.8 Å². The largest absolute Gasteiger partial charge is 0.481 e. The number of aliphatic carboxylic acids is 1. The second-order valence-electron chi connectivity index (χ2n) is 5.22. The highest BCUT2D eigenvalue weighted by molar-refractivity contribution is 7.91. The maximum Gasteiger partial charge on any atom is 0.317 e. The predicted molar refractivity (Wildman–Crippen MR) is 74.3 cm³/mol. The fraction of sp³-hybridized carbons (Fsp3) is 0.833. The van der Waals surface area contributed by atoms with Crippen LogP contribution < -0.4 is 5.32 Å². The van der Waals surface area contributed by atoms with Crippen LogP contribution in [0.2, 0.25) is 0 Å². The molecule has 0 saturated carbocycles. The molecular formula is C12H22N2O5S. The van der Waals surface area contributed by atoms with E-state index in [1.165, 1.54) is 4.90 Å². The summed E-state index contributed by atoms with van der Waals surface area (Å²) in [6, 6.07) is -0.274. The number of nitrogens with one attached hydrogen (secondary N) is 1. The topological polar surface area (TPSA) is 104 Å². The molecule has 0 aromatic carbocycles. The number of carbonyl (C=O) groups excluding carboxylic acids is 1. The minimum atomic E-state index is -3.02. The minimum absolute atomic E-state index is 0.00892. The van der Waals surface area contributed by atoms with E-state index in [9.17, 15) is 18.0 Å². The number of amides is 2. The van der Waals surface area contributed by atoms with Gasteiger partial charge in [0.1, 0.15) is 0 Å². The number of rotatable bonds is 5. The first-order valence-electron chi connectivity index (χ1n) is 6.75. The molecule has 0 aromatic rings. The molecule has 7 nitrogen and oxygen atoms in total. The molecule has 1 aliphatic rings. The molecule has 20 heavy (non-hydrogen) atoms. The van der Waals surface area contributed by atoms with E-state index in [4.69, 9.17) is 5.11 Å². The number of hydrogen-bond donors (Lipinski definition) is 2. The van der Waals surface area contributed by atoms with Crippen LogP contribution in [0.3, 0.4) is 0 Å². The third-order valence-corrected chi connectivity index (χ3v) is 5.01. The Labute approximate surface area is 119 Å². The lowest BCUT2D eigenvalue weighted by Gasteiger charge is -2.21. The number of carboxylic acid groups (broad SMARTS) is 1. The van der Waals surface area contributed by atoms with Gasteiger partial charge in [0.15, 0.2) is 9.84 Å². The predicted octanol–water partition coefficient (Wildman–Crippen LogP) is 0.317. The summed E-state index contributed by atoms with van der Waals surface area (Å²) in [4.78, 5) is 23.9. The van der Waals surface area contributed by atoms with Crippen molar-refractivity contribution in [2.24, 2.45) is 5.92 Å². The standard InChI is InChI=1S/C12H22N2O5S/c1-10(3-4-11(15)16)9-13-12(17)14-5-2-7-20(18,19)8-6-14/h10H,2-9H2,1H3,(H,13,17)(H,15,16). The highest BCUT2D eigenvalue weighted by Gasteiger charge is 2.22. The molecule has 1 atom stereocenters. The molecule has 0 bridgehead atoms. The summed E-state index contributed by atoms with van der Waals surface area (Å²) in [7, 11) is -3.02. The van der Waals surface area contributed by atoms with E-state index < -0.39 is 15.8 Å². The van der Waals surface area contributed by atoms with Gasteiger partial charge in [0.2, 0.25) is 0 Å². The van der Waals surface area contributed by atoms with Gasteiger partial charge >= 0.3 is 12.0 Å². The van der Waals surface area contributed by atoms with Crippen molar-refractivity contribution in [1.82, 2.24) is 10.2 Å². The molecule has 0 aliphatic carbocycles. The average Bonchev–Trinajstić information content (AvgIpc) is 2.54. The maximum absolute atomic E-state index is 11.9. The van der Waals surface area contributed by atoms with Crippen LogP contribution in [-0.4, -0.2) is 61.6 Å². The minimum Gasteiger partial charge on any atom is -0.481 e. The highest BCUT2D eigenvalue weighted by Crippen LogP contribution is 2.07. The van der Waals surface area contributed by atoms with Crippen molar-refractivity contribution in [3.63, 3.8) is 0 Å². The Balaban J connectivity index is 2.33. The van der Waals surface area contributed by atoms with Crippen LogP contribution in [0.4, 0.5) is 4.79 Å². The van der Waals surface area contributed by atoms with Gasteiger partial charge in [-0.25, -0.2) is 13.2 Å². The molecule has 0 spiro atoms. The second kappa shape index (κ2) is 7.47. The summed E-state index contributed by atoms with van der Waals surface area (Å²) in [5, 5.41) is 11.3. The Hall–Kier alpha value is -1.31. The van der Waals surface area contributed by atoms with Crippen LogP contribution in [-0.2, 0) is 14.6 Å². The van der Waals surface area contributed by atoms with Gasteiger partial charge in [-0.2, -0.15) is 0 Å². The van der Waals surface area contributed by atoms with Gasteiger partial charge in [0.25, 0.3) is 0 Å². The van der Waals surface area contributed by atoms with Crippen LogP contribution in [0, 0.1) is 5.92 Å². The Kier molecular flexibility index (Phi) is 6.25. The van der Waals surface area contributed by atoms with Gasteiger partial charge in [0.05, 0.1) is 11.5 Å². The zero-order valence-electron chi connectivity index (χ0n) is 11.7. The first kappa shape index (κ1) is 16.7. The molecule has 116 valence electrons. The Morgan fingerprint density at radius 2 is 2.00 bits per heavy atom. The second-order valence-corrected chi connectivity index (χ2v) is 7.52. The SMILES string of the molecule is CC(CCC(=O)O)CNC(=O)N1CCCS(=O)(=O)CC1. The summed E-state index contributed by atoms with van der Waals surface area (Å²) in [6.45, 7) is 2.93. The van der Waals surface area contributed by atoms with Gasteiger partial charge in [-0.3, -0.25) is 4.79 Å². The van der Waals surface area contributed by atoms with E-state index in [0.29, 0.717) is 25.9 Å². The van der Waals surface area contributed by atoms with E-state index in [0.717, 1.165) is 0 Å². The zero-order valence-corrected chi connectivity index (χ0v) is 12.5. The van der Waals surface area contributed by atoms with Crippen molar-refractivity contribution in [2.45, 2.75) is 26.2 Å². The molecule has 8 heteroatoms. The Morgan fingerprint density at radius 3 is 2.65 bits per heavy atom. The van der Waals surface area contributed by atoms with Crippen molar-refractivity contribution in [3.8, 4) is 0 Å². The van der Waals surface area contributed by atoms with E-state index >= 15 is 0 Å². The monoisotopic (exact) mass is 306 g/mol. The summed E-state index contributed by atoms with van der Waals surface area (Å²) in [5.74, 6) is -0.632. The lowest BCUT2D eigenvalue weighted by atomic mass is 10.1. The number of carbonyl (C=O) groups is 2. The molecule has 1 fully saturated rings. The zero-order chi connectivity index (χ0) is 15.2. The van der Waals surface area contributed by atoms with Crippen molar-refractivity contribution < 1.29 is 23.1 Å². The first-order chi connectivity index (χ1) is 9.30. The molecular weight excluding hydrogens is 284 g/mol. The van der Waals surface area contributed by atoms with E-state index in [2.05, 4.69) is 5.32 Å². The Morgan fingerprint density at radius 1 is 1.30 bits per heavy atom. The molecule has 1 rings (SSSR count). The van der Waals surface area contributed by atoms with Crippen LogP contribution in [0.15, 0.2) is 0 Å². The molecule has 2 N–H and O–H groups in total. The number of hydrogen-bond acceptors (Lipinski definition) is 4. The van der Waals surface area contributed by atoms with E-state index in [1.807, 2.05) is 6.92 Å². The quantitative estimate of drug-likeness (QED) is 0.761. The summed E-state index contributed by atoms with van der Waals surface area (Å²) in [6.07, 6.45) is 1.05. The number of carboxylic acids is 1. The van der Waals surface area contributed by atoms with Gasteiger partial charge in [-0.1, -0.05) is 6.92 Å². The van der Waals surface area contributed by atoms with E-state index in [1.54, 1.807) is 0 Å². The van der Waals surface area contributed by atoms with Crippen molar-refractivity contribution >= 4 is 21.8 Å². The highest BCUT2D eigenvalue weighted by atomic mass is 32.2. The normalized spacial score (nSPS) is 19.9. The molecule has 0 aromatic heterocycles. The van der Waals surface area contributed by atoms with E-state index in [-0.39, 0.29) is 36.4 Å². The maximum atomic E-state index is 11.9. The summed E-state index contributed by atoms with van der Waals surface area (Å²) >= 11 is 0. The lowest BCUT2D eigenvalue weighted by Crippen LogP contribution is -2.43.